The molecule has 0 atom stereocenters. The highest BCUT2D eigenvalue weighted by Crippen LogP contribution is 2.36. The number of hydrogen-bond acceptors (Lipinski definition) is 5. The minimum Gasteiger partial charge on any atom is -0.356 e. The Labute approximate surface area is 199 Å². The molecule has 2 heterocycles. The highest BCUT2D eigenvalue weighted by Gasteiger charge is 2.36. The average Bonchev–Trinajstić information content (AvgIpc) is 3.10. The molecule has 0 unspecified atom stereocenters. The van der Waals surface area contributed by atoms with Gasteiger partial charge < -0.3 is 15.1 Å². The summed E-state index contributed by atoms with van der Waals surface area (Å²) < 4.78 is 30.1. The van der Waals surface area contributed by atoms with Crippen molar-refractivity contribution in [3.8, 4) is 0 Å². The molecule has 0 spiro atoms. The van der Waals surface area contributed by atoms with Crippen LogP contribution in [0.15, 0.2) is 34.2 Å². The SMILES string of the molecule is CCC1=C(c2ccc(C)cc2)S(=O)(=O)N=C1N1CCC(C(=O)NCCCN(CC)CC)CC1. The number of sulfonamides is 1. The van der Waals surface area contributed by atoms with Crippen LogP contribution in [0.4, 0.5) is 0 Å². The van der Waals surface area contributed by atoms with Gasteiger partial charge in [0, 0.05) is 31.1 Å². The maximum atomic E-state index is 12.9. The van der Waals surface area contributed by atoms with Gasteiger partial charge in [-0.05, 0) is 57.8 Å². The molecule has 1 aromatic rings. The van der Waals surface area contributed by atoms with Crippen LogP contribution in [0.1, 0.15) is 57.6 Å². The second-order valence-corrected chi connectivity index (χ2v) is 10.4. The van der Waals surface area contributed by atoms with Gasteiger partial charge in [-0.2, -0.15) is 8.42 Å². The molecule has 1 amide bonds. The third-order valence-electron chi connectivity index (χ3n) is 6.69. The standard InChI is InChI=1S/C25H38N4O3S/c1-5-22-23(20-11-9-19(4)10-12-20)33(31,32)27-24(22)29-17-13-21(14-18-29)25(30)26-15-8-16-28(6-2)7-3/h9-12,21H,5-8,13-18H2,1-4H3,(H,26,30). The second kappa shape index (κ2) is 11.3. The molecule has 1 aromatic carbocycles. The fourth-order valence-corrected chi connectivity index (χ4v) is 6.14. The molecule has 0 bridgehead atoms. The number of nitrogens with one attached hydrogen (secondary N) is 1. The molecule has 1 fully saturated rings. The van der Waals surface area contributed by atoms with Crippen LogP contribution in [-0.4, -0.2) is 69.2 Å². The van der Waals surface area contributed by atoms with E-state index < -0.39 is 10.0 Å². The minimum atomic E-state index is -3.73. The van der Waals surface area contributed by atoms with Gasteiger partial charge in [0.2, 0.25) is 5.91 Å². The van der Waals surface area contributed by atoms with Gasteiger partial charge in [0.1, 0.15) is 10.7 Å². The summed E-state index contributed by atoms with van der Waals surface area (Å²) in [6, 6.07) is 7.56. The zero-order chi connectivity index (χ0) is 24.0. The first kappa shape index (κ1) is 25.4. The number of likely N-dealkylation sites (tertiary alicyclic amines) is 1. The Kier molecular flexibility index (Phi) is 8.70. The number of benzene rings is 1. The predicted molar refractivity (Wildman–Crippen MR) is 134 cm³/mol. The Morgan fingerprint density at radius 3 is 2.33 bits per heavy atom. The van der Waals surface area contributed by atoms with E-state index in [2.05, 4.69) is 28.5 Å². The van der Waals surface area contributed by atoms with Gasteiger partial charge in [0.25, 0.3) is 10.0 Å². The lowest BCUT2D eigenvalue weighted by atomic mass is 9.94. The van der Waals surface area contributed by atoms with E-state index in [9.17, 15) is 13.2 Å². The third-order valence-corrected chi connectivity index (χ3v) is 8.10. The summed E-state index contributed by atoms with van der Waals surface area (Å²) >= 11 is 0. The first-order chi connectivity index (χ1) is 15.8. The Morgan fingerprint density at radius 2 is 1.76 bits per heavy atom. The van der Waals surface area contributed by atoms with Crippen LogP contribution in [0.2, 0.25) is 0 Å². The lowest BCUT2D eigenvalue weighted by Gasteiger charge is -2.33. The highest BCUT2D eigenvalue weighted by atomic mass is 32.2. The van der Waals surface area contributed by atoms with E-state index in [0.717, 1.165) is 37.2 Å². The lowest BCUT2D eigenvalue weighted by molar-refractivity contribution is -0.126. The van der Waals surface area contributed by atoms with Crippen LogP contribution < -0.4 is 5.32 Å². The van der Waals surface area contributed by atoms with Gasteiger partial charge in [0.05, 0.1) is 0 Å². The highest BCUT2D eigenvalue weighted by molar-refractivity contribution is 8.00. The quantitative estimate of drug-likeness (QED) is 0.555. The van der Waals surface area contributed by atoms with Crippen LogP contribution >= 0.6 is 0 Å². The fourth-order valence-electron chi connectivity index (χ4n) is 4.62. The molecule has 33 heavy (non-hydrogen) atoms. The summed E-state index contributed by atoms with van der Waals surface area (Å²) in [6.07, 6.45) is 2.96. The van der Waals surface area contributed by atoms with Crippen LogP contribution in [0.25, 0.3) is 4.91 Å². The maximum Gasteiger partial charge on any atom is 0.285 e. The van der Waals surface area contributed by atoms with E-state index in [1.54, 1.807) is 0 Å². The molecule has 1 N–H and O–H groups in total. The van der Waals surface area contributed by atoms with Crippen molar-refractivity contribution >= 4 is 26.7 Å². The van der Waals surface area contributed by atoms with Crippen LogP contribution in [0.5, 0.6) is 0 Å². The molecular formula is C25H38N4O3S. The molecule has 2 aliphatic heterocycles. The Balaban J connectivity index is 1.61. The normalized spacial score (nSPS) is 18.7. The van der Waals surface area contributed by atoms with Crippen LogP contribution in [0.3, 0.4) is 0 Å². The largest absolute Gasteiger partial charge is 0.356 e. The van der Waals surface area contributed by atoms with E-state index in [0.29, 0.717) is 55.2 Å². The number of hydrogen-bond donors (Lipinski definition) is 1. The average molecular weight is 475 g/mol. The van der Waals surface area contributed by atoms with Crippen molar-refractivity contribution in [2.45, 2.75) is 53.4 Å². The number of amidine groups is 1. The zero-order valence-electron chi connectivity index (χ0n) is 20.4. The smallest absolute Gasteiger partial charge is 0.285 e. The monoisotopic (exact) mass is 474 g/mol. The second-order valence-electron chi connectivity index (χ2n) is 8.85. The van der Waals surface area contributed by atoms with Gasteiger partial charge in [-0.3, -0.25) is 4.79 Å². The van der Waals surface area contributed by atoms with E-state index in [1.807, 2.05) is 43.0 Å². The molecule has 3 rings (SSSR count). The van der Waals surface area contributed by atoms with Crippen LogP contribution in [0, 0.1) is 12.8 Å². The summed E-state index contributed by atoms with van der Waals surface area (Å²) in [5.41, 5.74) is 2.55. The first-order valence-corrected chi connectivity index (χ1v) is 13.6. The summed E-state index contributed by atoms with van der Waals surface area (Å²) in [4.78, 5) is 17.3. The van der Waals surface area contributed by atoms with Gasteiger partial charge >= 0.3 is 0 Å². The molecule has 0 aromatic heterocycles. The first-order valence-electron chi connectivity index (χ1n) is 12.2. The number of amides is 1. The van der Waals surface area contributed by atoms with Crippen molar-refractivity contribution in [3.63, 3.8) is 0 Å². The van der Waals surface area contributed by atoms with E-state index >= 15 is 0 Å². The van der Waals surface area contributed by atoms with Crippen molar-refractivity contribution in [3.05, 3.63) is 41.0 Å². The van der Waals surface area contributed by atoms with Gasteiger partial charge in [-0.1, -0.05) is 50.6 Å². The molecule has 7 nitrogen and oxygen atoms in total. The summed E-state index contributed by atoms with van der Waals surface area (Å²) in [6.45, 7) is 13.3. The van der Waals surface area contributed by atoms with Gasteiger partial charge in [-0.15, -0.1) is 4.40 Å². The maximum absolute atomic E-state index is 12.9. The molecular weight excluding hydrogens is 436 g/mol. The van der Waals surface area contributed by atoms with Crippen LogP contribution in [-0.2, 0) is 14.8 Å². The van der Waals surface area contributed by atoms with Crippen molar-refractivity contribution in [2.75, 3.05) is 39.3 Å². The molecule has 8 heteroatoms. The summed E-state index contributed by atoms with van der Waals surface area (Å²) in [7, 11) is -3.73. The molecule has 182 valence electrons. The Hall–Kier alpha value is -2.19. The summed E-state index contributed by atoms with van der Waals surface area (Å²) in [5, 5.41) is 3.09. The third kappa shape index (κ3) is 6.03. The number of carbonyl (C=O) groups excluding carboxylic acids is 1. The predicted octanol–water partition coefficient (Wildman–Crippen LogP) is 3.42. The molecule has 0 aliphatic carbocycles. The molecule has 2 aliphatic rings. The number of carbonyl (C=O) groups is 1. The number of nitrogens with zero attached hydrogens (tertiary/aromatic N) is 3. The number of aryl methyl sites for hydroxylation is 1. The Morgan fingerprint density at radius 1 is 1.12 bits per heavy atom. The van der Waals surface area contributed by atoms with E-state index in [-0.39, 0.29) is 11.8 Å². The molecule has 1 saturated heterocycles. The summed E-state index contributed by atoms with van der Waals surface area (Å²) in [5.74, 6) is 0.645. The molecule has 0 radical (unpaired) electrons. The number of rotatable bonds is 9. The van der Waals surface area contributed by atoms with Crippen molar-refractivity contribution in [1.29, 1.82) is 0 Å². The van der Waals surface area contributed by atoms with E-state index in [1.165, 1.54) is 0 Å². The minimum absolute atomic E-state index is 0.0288. The van der Waals surface area contributed by atoms with Crippen molar-refractivity contribution in [1.82, 2.24) is 15.1 Å². The van der Waals surface area contributed by atoms with Crippen molar-refractivity contribution < 1.29 is 13.2 Å². The van der Waals surface area contributed by atoms with E-state index in [4.69, 9.17) is 0 Å². The van der Waals surface area contributed by atoms with Gasteiger partial charge in [-0.25, -0.2) is 0 Å². The zero-order valence-corrected chi connectivity index (χ0v) is 21.2. The fraction of sp³-hybridized carbons (Fsp3) is 0.600. The van der Waals surface area contributed by atoms with Gasteiger partial charge in [0.15, 0.2) is 0 Å². The Bertz CT molecular complexity index is 987. The number of piperidine rings is 1. The van der Waals surface area contributed by atoms with Crippen molar-refractivity contribution in [2.24, 2.45) is 10.3 Å². The topological polar surface area (TPSA) is 82.1 Å². The lowest BCUT2D eigenvalue weighted by Crippen LogP contribution is -2.43. The molecule has 0 saturated carbocycles.